The number of hydrogen-bond donors (Lipinski definition) is 3. The second-order valence-electron chi connectivity index (χ2n) is 5.83. The fourth-order valence-electron chi connectivity index (χ4n) is 1.69. The SMILES string of the molecule is CC(CO)CCCNC(=O)CC(C)(C(=O)O)C(C)C. The zero-order valence-electron chi connectivity index (χ0n) is 12.4. The normalized spacial score (nSPS) is 15.9. The molecule has 0 saturated heterocycles. The van der Waals surface area contributed by atoms with Gasteiger partial charge in [0, 0.05) is 19.6 Å². The molecule has 5 nitrogen and oxygen atoms in total. The van der Waals surface area contributed by atoms with Gasteiger partial charge in [0.1, 0.15) is 0 Å². The van der Waals surface area contributed by atoms with Gasteiger partial charge in [-0.25, -0.2) is 0 Å². The average Bonchev–Trinajstić information content (AvgIpc) is 2.33. The molecule has 0 aromatic heterocycles. The molecule has 0 aromatic carbocycles. The summed E-state index contributed by atoms with van der Waals surface area (Å²) in [5.74, 6) is -1.04. The van der Waals surface area contributed by atoms with E-state index in [1.807, 2.05) is 20.8 Å². The lowest BCUT2D eigenvalue weighted by Gasteiger charge is -2.28. The maximum atomic E-state index is 11.8. The second-order valence-corrected chi connectivity index (χ2v) is 5.83. The van der Waals surface area contributed by atoms with Crippen molar-refractivity contribution in [2.45, 2.75) is 47.0 Å². The Morgan fingerprint density at radius 3 is 2.26 bits per heavy atom. The van der Waals surface area contributed by atoms with Crippen LogP contribution in [-0.4, -0.2) is 35.2 Å². The number of carboxylic acids is 1. The maximum absolute atomic E-state index is 11.8. The van der Waals surface area contributed by atoms with Gasteiger partial charge in [-0.05, 0) is 31.6 Å². The van der Waals surface area contributed by atoms with Gasteiger partial charge in [-0.1, -0.05) is 20.8 Å². The highest BCUT2D eigenvalue weighted by Gasteiger charge is 2.38. The summed E-state index contributed by atoms with van der Waals surface area (Å²) in [4.78, 5) is 23.0. The van der Waals surface area contributed by atoms with Crippen LogP contribution in [0.5, 0.6) is 0 Å². The minimum Gasteiger partial charge on any atom is -0.481 e. The van der Waals surface area contributed by atoms with Crippen LogP contribution >= 0.6 is 0 Å². The molecule has 0 fully saturated rings. The summed E-state index contributed by atoms with van der Waals surface area (Å²) < 4.78 is 0. The third-order valence-corrected chi connectivity index (χ3v) is 3.80. The zero-order chi connectivity index (χ0) is 15.1. The number of hydrogen-bond acceptors (Lipinski definition) is 3. The molecule has 0 heterocycles. The van der Waals surface area contributed by atoms with Crippen molar-refractivity contribution in [2.75, 3.05) is 13.2 Å². The Morgan fingerprint density at radius 1 is 1.26 bits per heavy atom. The van der Waals surface area contributed by atoms with Crippen LogP contribution in [0.3, 0.4) is 0 Å². The van der Waals surface area contributed by atoms with Gasteiger partial charge in [0.2, 0.25) is 5.91 Å². The first-order chi connectivity index (χ1) is 8.74. The van der Waals surface area contributed by atoms with Gasteiger partial charge >= 0.3 is 5.97 Å². The van der Waals surface area contributed by atoms with Gasteiger partial charge in [-0.3, -0.25) is 9.59 Å². The van der Waals surface area contributed by atoms with E-state index in [4.69, 9.17) is 5.11 Å². The fourth-order valence-corrected chi connectivity index (χ4v) is 1.69. The average molecular weight is 273 g/mol. The van der Waals surface area contributed by atoms with E-state index in [2.05, 4.69) is 5.32 Å². The van der Waals surface area contributed by atoms with E-state index in [0.717, 1.165) is 12.8 Å². The highest BCUT2D eigenvalue weighted by molar-refractivity contribution is 5.84. The Morgan fingerprint density at radius 2 is 1.84 bits per heavy atom. The molecule has 0 rings (SSSR count). The summed E-state index contributed by atoms with van der Waals surface area (Å²) >= 11 is 0. The lowest BCUT2D eigenvalue weighted by Crippen LogP contribution is -2.39. The summed E-state index contributed by atoms with van der Waals surface area (Å²) in [6, 6.07) is 0. The van der Waals surface area contributed by atoms with Gasteiger partial charge < -0.3 is 15.5 Å². The standard InChI is InChI=1S/C14H27NO4/c1-10(2)14(4,13(18)19)8-12(17)15-7-5-6-11(3)9-16/h10-11,16H,5-9H2,1-4H3,(H,15,17)(H,18,19). The maximum Gasteiger partial charge on any atom is 0.310 e. The Kier molecular flexibility index (Phi) is 7.68. The number of nitrogens with one attached hydrogen (secondary N) is 1. The number of carbonyl (C=O) groups is 2. The van der Waals surface area contributed by atoms with Crippen molar-refractivity contribution in [1.29, 1.82) is 0 Å². The van der Waals surface area contributed by atoms with Crippen molar-refractivity contribution < 1.29 is 19.8 Å². The Bertz CT molecular complexity index is 304. The first-order valence-electron chi connectivity index (χ1n) is 6.85. The van der Waals surface area contributed by atoms with Crippen LogP contribution in [0.4, 0.5) is 0 Å². The largest absolute Gasteiger partial charge is 0.481 e. The monoisotopic (exact) mass is 273 g/mol. The summed E-state index contributed by atoms with van der Waals surface area (Å²) in [7, 11) is 0. The summed E-state index contributed by atoms with van der Waals surface area (Å²) in [6.07, 6.45) is 1.63. The van der Waals surface area contributed by atoms with Crippen molar-refractivity contribution >= 4 is 11.9 Å². The van der Waals surface area contributed by atoms with Crippen LogP contribution in [0.2, 0.25) is 0 Å². The molecule has 112 valence electrons. The lowest BCUT2D eigenvalue weighted by atomic mass is 9.76. The van der Waals surface area contributed by atoms with E-state index in [-0.39, 0.29) is 30.8 Å². The van der Waals surface area contributed by atoms with Gasteiger partial charge in [-0.15, -0.1) is 0 Å². The van der Waals surface area contributed by atoms with Crippen LogP contribution in [0.1, 0.15) is 47.0 Å². The Balaban J connectivity index is 4.13. The van der Waals surface area contributed by atoms with Gasteiger partial charge in [0.25, 0.3) is 0 Å². The van der Waals surface area contributed by atoms with Crippen molar-refractivity contribution in [3.8, 4) is 0 Å². The quantitative estimate of drug-likeness (QED) is 0.557. The van der Waals surface area contributed by atoms with Crippen LogP contribution in [0.25, 0.3) is 0 Å². The molecule has 0 aliphatic rings. The Hall–Kier alpha value is -1.10. The number of rotatable bonds is 9. The first kappa shape index (κ1) is 17.9. The van der Waals surface area contributed by atoms with Crippen molar-refractivity contribution in [3.63, 3.8) is 0 Å². The van der Waals surface area contributed by atoms with E-state index < -0.39 is 11.4 Å². The van der Waals surface area contributed by atoms with E-state index >= 15 is 0 Å². The predicted octanol–water partition coefficient (Wildman–Crippen LogP) is 1.65. The number of aliphatic carboxylic acids is 1. The predicted molar refractivity (Wildman–Crippen MR) is 73.7 cm³/mol. The van der Waals surface area contributed by atoms with Crippen molar-refractivity contribution in [3.05, 3.63) is 0 Å². The number of aliphatic hydroxyl groups excluding tert-OH is 1. The van der Waals surface area contributed by atoms with Crippen molar-refractivity contribution in [2.24, 2.45) is 17.3 Å². The topological polar surface area (TPSA) is 86.6 Å². The first-order valence-corrected chi connectivity index (χ1v) is 6.85. The molecule has 2 unspecified atom stereocenters. The third-order valence-electron chi connectivity index (χ3n) is 3.80. The van der Waals surface area contributed by atoms with Gasteiger partial charge in [0.15, 0.2) is 0 Å². The van der Waals surface area contributed by atoms with E-state index in [0.29, 0.717) is 6.54 Å². The second kappa shape index (κ2) is 8.15. The van der Waals surface area contributed by atoms with Gasteiger partial charge in [0.05, 0.1) is 5.41 Å². The zero-order valence-corrected chi connectivity index (χ0v) is 12.4. The molecule has 19 heavy (non-hydrogen) atoms. The highest BCUT2D eigenvalue weighted by Crippen LogP contribution is 2.31. The number of carboxylic acid groups (broad SMARTS) is 1. The van der Waals surface area contributed by atoms with Crippen LogP contribution < -0.4 is 5.32 Å². The van der Waals surface area contributed by atoms with Crippen molar-refractivity contribution in [1.82, 2.24) is 5.32 Å². The molecule has 0 saturated carbocycles. The molecule has 0 aliphatic carbocycles. The molecule has 0 bridgehead atoms. The molecule has 3 N–H and O–H groups in total. The van der Waals surface area contributed by atoms with Crippen LogP contribution in [0.15, 0.2) is 0 Å². The van der Waals surface area contributed by atoms with Crippen LogP contribution in [-0.2, 0) is 9.59 Å². The highest BCUT2D eigenvalue weighted by atomic mass is 16.4. The van der Waals surface area contributed by atoms with Crippen LogP contribution in [0, 0.1) is 17.3 Å². The summed E-state index contributed by atoms with van der Waals surface area (Å²) in [6.45, 7) is 7.85. The molecular weight excluding hydrogens is 246 g/mol. The molecule has 0 aliphatic heterocycles. The minimum atomic E-state index is -1.03. The van der Waals surface area contributed by atoms with E-state index in [1.165, 1.54) is 0 Å². The lowest BCUT2D eigenvalue weighted by molar-refractivity contribution is -0.153. The van der Waals surface area contributed by atoms with Gasteiger partial charge in [-0.2, -0.15) is 0 Å². The molecule has 0 spiro atoms. The third kappa shape index (κ3) is 6.05. The molecule has 1 amide bonds. The summed E-state index contributed by atoms with van der Waals surface area (Å²) in [5.41, 5.74) is -1.03. The summed E-state index contributed by atoms with van der Waals surface area (Å²) in [5, 5.41) is 20.8. The molecule has 0 aromatic rings. The number of amides is 1. The smallest absolute Gasteiger partial charge is 0.310 e. The molecule has 2 atom stereocenters. The molecule has 0 radical (unpaired) electrons. The molecule has 5 heteroatoms. The molecular formula is C14H27NO4. The number of carbonyl (C=O) groups excluding carboxylic acids is 1. The van der Waals surface area contributed by atoms with E-state index in [1.54, 1.807) is 6.92 Å². The Labute approximate surface area is 115 Å². The van der Waals surface area contributed by atoms with E-state index in [9.17, 15) is 14.7 Å². The number of aliphatic hydroxyl groups is 1. The minimum absolute atomic E-state index is 0.00441. The fraction of sp³-hybridized carbons (Fsp3) is 0.857.